The zero-order chi connectivity index (χ0) is 21.7. The van der Waals surface area contributed by atoms with E-state index >= 15 is 0 Å². The van der Waals surface area contributed by atoms with Gasteiger partial charge in [0.05, 0.1) is 16.8 Å². The summed E-state index contributed by atoms with van der Waals surface area (Å²) in [5.74, 6) is -1.57. The van der Waals surface area contributed by atoms with Gasteiger partial charge in [0.15, 0.2) is 0 Å². The van der Waals surface area contributed by atoms with Gasteiger partial charge in [-0.2, -0.15) is 0 Å². The van der Waals surface area contributed by atoms with E-state index in [0.717, 1.165) is 11.8 Å². The van der Waals surface area contributed by atoms with Gasteiger partial charge in [0.2, 0.25) is 0 Å². The second kappa shape index (κ2) is 6.91. The van der Waals surface area contributed by atoms with Gasteiger partial charge in [-0.15, -0.1) is 0 Å². The minimum atomic E-state index is -0.648. The van der Waals surface area contributed by atoms with Gasteiger partial charge in [-0.3, -0.25) is 34.0 Å². The first kappa shape index (κ1) is 18.7. The van der Waals surface area contributed by atoms with Gasteiger partial charge in [0, 0.05) is 48.6 Å². The molecular weight excluding hydrogens is 398 g/mol. The molecule has 9 heteroatoms. The number of pyridine rings is 2. The number of nitrogens with one attached hydrogen (secondary N) is 1. The maximum atomic E-state index is 12.9. The third-order valence-electron chi connectivity index (χ3n) is 5.58. The second-order valence-electron chi connectivity index (χ2n) is 7.38. The van der Waals surface area contributed by atoms with Gasteiger partial charge in [0.25, 0.3) is 23.3 Å². The third kappa shape index (κ3) is 2.90. The Morgan fingerprint density at radius 2 is 1.84 bits per heavy atom. The number of amides is 3. The molecule has 2 aromatic heterocycles. The Kier molecular flexibility index (Phi) is 4.18. The molecule has 2 aliphatic rings. The zero-order valence-corrected chi connectivity index (χ0v) is 16.3. The SMILES string of the molecule is Nc1c2c(cc(=O)n1-c1cccc3c1CN(CCc1ccccn1)C3=O)C(=O)NC2=O. The number of hydrogen-bond acceptors (Lipinski definition) is 6. The number of carbonyl (C=O) groups excluding carboxylic acids is 3. The van der Waals surface area contributed by atoms with E-state index < -0.39 is 17.4 Å². The van der Waals surface area contributed by atoms with Crippen LogP contribution < -0.4 is 16.6 Å². The smallest absolute Gasteiger partial charge is 0.262 e. The number of fused-ring (bicyclic) bond motifs is 2. The summed E-state index contributed by atoms with van der Waals surface area (Å²) in [5.41, 5.74) is 7.97. The summed E-state index contributed by atoms with van der Waals surface area (Å²) < 4.78 is 1.19. The summed E-state index contributed by atoms with van der Waals surface area (Å²) in [7, 11) is 0. The Hall–Kier alpha value is -4.27. The number of rotatable bonds is 4. The summed E-state index contributed by atoms with van der Waals surface area (Å²) in [6.45, 7) is 0.765. The lowest BCUT2D eigenvalue weighted by atomic mass is 10.1. The van der Waals surface area contributed by atoms with E-state index in [1.807, 2.05) is 18.2 Å². The van der Waals surface area contributed by atoms with Crippen molar-refractivity contribution in [1.29, 1.82) is 0 Å². The number of nitrogens with zero attached hydrogens (tertiary/aromatic N) is 3. The van der Waals surface area contributed by atoms with Gasteiger partial charge < -0.3 is 10.6 Å². The Bertz CT molecular complexity index is 1330. The van der Waals surface area contributed by atoms with E-state index in [4.69, 9.17) is 5.73 Å². The van der Waals surface area contributed by atoms with Crippen molar-refractivity contribution in [3.8, 4) is 5.69 Å². The highest BCUT2D eigenvalue weighted by Gasteiger charge is 2.34. The van der Waals surface area contributed by atoms with Crippen molar-refractivity contribution in [3.05, 3.63) is 87.0 Å². The lowest BCUT2D eigenvalue weighted by Crippen LogP contribution is -2.27. The molecule has 0 fully saturated rings. The molecule has 0 atom stereocenters. The molecule has 3 aromatic rings. The fourth-order valence-corrected chi connectivity index (χ4v) is 4.09. The van der Waals surface area contributed by atoms with Crippen molar-refractivity contribution >= 4 is 23.5 Å². The second-order valence-corrected chi connectivity index (χ2v) is 7.38. The predicted octanol–water partition coefficient (Wildman–Crippen LogP) is 0.897. The zero-order valence-electron chi connectivity index (χ0n) is 16.3. The number of hydrogen-bond donors (Lipinski definition) is 2. The molecule has 9 nitrogen and oxygen atoms in total. The van der Waals surface area contributed by atoms with Crippen LogP contribution >= 0.6 is 0 Å². The summed E-state index contributed by atoms with van der Waals surface area (Å²) in [4.78, 5) is 55.8. The summed E-state index contributed by atoms with van der Waals surface area (Å²) in [5, 5.41) is 2.15. The topological polar surface area (TPSA) is 127 Å². The molecule has 4 heterocycles. The fourth-order valence-electron chi connectivity index (χ4n) is 4.09. The molecule has 0 unspecified atom stereocenters. The number of nitrogen functional groups attached to an aromatic ring is 1. The van der Waals surface area contributed by atoms with Gasteiger partial charge >= 0.3 is 0 Å². The lowest BCUT2D eigenvalue weighted by Gasteiger charge is -2.16. The predicted molar refractivity (Wildman–Crippen MR) is 111 cm³/mol. The molecular formula is C22H17N5O4. The van der Waals surface area contributed by atoms with Crippen LogP contribution in [0.25, 0.3) is 5.69 Å². The van der Waals surface area contributed by atoms with Crippen LogP contribution in [-0.2, 0) is 13.0 Å². The van der Waals surface area contributed by atoms with Crippen molar-refractivity contribution < 1.29 is 14.4 Å². The van der Waals surface area contributed by atoms with Gasteiger partial charge in [-0.05, 0) is 24.3 Å². The molecule has 1 aromatic carbocycles. The van der Waals surface area contributed by atoms with Gasteiger partial charge in [0.1, 0.15) is 5.82 Å². The summed E-state index contributed by atoms with van der Waals surface area (Å²) in [6.07, 6.45) is 2.30. The Balaban J connectivity index is 1.54. The average molecular weight is 415 g/mol. The normalized spacial score (nSPS) is 14.6. The first-order valence-electron chi connectivity index (χ1n) is 9.68. The lowest BCUT2D eigenvalue weighted by molar-refractivity contribution is 0.0779. The van der Waals surface area contributed by atoms with Crippen molar-refractivity contribution in [1.82, 2.24) is 19.8 Å². The maximum absolute atomic E-state index is 12.9. The number of aromatic nitrogens is 2. The van der Waals surface area contributed by atoms with E-state index in [1.165, 1.54) is 4.57 Å². The maximum Gasteiger partial charge on any atom is 0.262 e. The standard InChI is InChI=1S/C22H17N5O4/c23-19-18-14(20(29)25-21(18)30)10-17(28)27(19)16-6-3-5-13-15(16)11-26(22(13)31)9-7-12-4-1-2-8-24-12/h1-6,8,10H,7,9,11,23H2,(H,25,29,30). The Labute approximate surface area is 176 Å². The van der Waals surface area contributed by atoms with Crippen LogP contribution in [0, 0.1) is 0 Å². The molecule has 154 valence electrons. The Morgan fingerprint density at radius 3 is 2.61 bits per heavy atom. The van der Waals surface area contributed by atoms with E-state index in [9.17, 15) is 19.2 Å². The van der Waals surface area contributed by atoms with Crippen molar-refractivity contribution in [3.63, 3.8) is 0 Å². The van der Waals surface area contributed by atoms with E-state index in [2.05, 4.69) is 10.3 Å². The number of imide groups is 1. The van der Waals surface area contributed by atoms with Crippen molar-refractivity contribution in [2.45, 2.75) is 13.0 Å². The molecule has 3 N–H and O–H groups in total. The quantitative estimate of drug-likeness (QED) is 0.610. The van der Waals surface area contributed by atoms with Gasteiger partial charge in [-0.25, -0.2) is 0 Å². The van der Waals surface area contributed by atoms with Gasteiger partial charge in [-0.1, -0.05) is 12.1 Å². The van der Waals surface area contributed by atoms with Crippen LogP contribution in [0.15, 0.2) is 53.5 Å². The van der Waals surface area contributed by atoms with Crippen LogP contribution in [0.3, 0.4) is 0 Å². The summed E-state index contributed by atoms with van der Waals surface area (Å²) >= 11 is 0. The molecule has 0 spiro atoms. The third-order valence-corrected chi connectivity index (χ3v) is 5.58. The molecule has 0 bridgehead atoms. The minimum absolute atomic E-state index is 0.0291. The summed E-state index contributed by atoms with van der Waals surface area (Å²) in [6, 6.07) is 11.8. The molecule has 0 saturated carbocycles. The van der Waals surface area contributed by atoms with Crippen molar-refractivity contribution in [2.75, 3.05) is 12.3 Å². The highest BCUT2D eigenvalue weighted by molar-refractivity contribution is 6.23. The van der Waals surface area contributed by atoms with E-state index in [1.54, 1.807) is 29.3 Å². The number of carbonyl (C=O) groups is 3. The molecule has 5 rings (SSSR count). The van der Waals surface area contributed by atoms with E-state index in [-0.39, 0.29) is 22.9 Å². The van der Waals surface area contributed by atoms with Crippen LogP contribution in [0.5, 0.6) is 0 Å². The molecule has 0 aliphatic carbocycles. The molecule has 3 amide bonds. The van der Waals surface area contributed by atoms with E-state index in [0.29, 0.717) is 36.3 Å². The first-order chi connectivity index (χ1) is 15.0. The fraction of sp³-hybridized carbons (Fsp3) is 0.136. The van der Waals surface area contributed by atoms with Crippen LogP contribution in [0.2, 0.25) is 0 Å². The highest BCUT2D eigenvalue weighted by atomic mass is 16.2. The largest absolute Gasteiger partial charge is 0.384 e. The van der Waals surface area contributed by atoms with Crippen LogP contribution in [-0.4, -0.2) is 38.7 Å². The molecule has 0 radical (unpaired) electrons. The monoisotopic (exact) mass is 415 g/mol. The first-order valence-corrected chi connectivity index (χ1v) is 9.68. The molecule has 0 saturated heterocycles. The number of benzene rings is 1. The molecule has 31 heavy (non-hydrogen) atoms. The average Bonchev–Trinajstić information content (AvgIpc) is 3.23. The van der Waals surface area contributed by atoms with Crippen LogP contribution in [0.1, 0.15) is 42.3 Å². The molecule has 2 aliphatic heterocycles. The number of anilines is 1. The minimum Gasteiger partial charge on any atom is -0.384 e. The van der Waals surface area contributed by atoms with Crippen LogP contribution in [0.4, 0.5) is 5.82 Å². The van der Waals surface area contributed by atoms with Crippen molar-refractivity contribution in [2.24, 2.45) is 0 Å². The number of nitrogens with two attached hydrogens (primary N) is 1. The Morgan fingerprint density at radius 1 is 1.00 bits per heavy atom. The highest BCUT2D eigenvalue weighted by Crippen LogP contribution is 2.31.